The van der Waals surface area contributed by atoms with Crippen molar-refractivity contribution in [2.24, 2.45) is 0 Å². The number of halogens is 4. The molecule has 0 saturated carbocycles. The highest BCUT2D eigenvalue weighted by atomic mass is 35.5. The van der Waals surface area contributed by atoms with E-state index in [1.807, 2.05) is 0 Å². The number of aromatic nitrogens is 4. The Hall–Kier alpha value is -2.24. The molecule has 1 aliphatic rings. The van der Waals surface area contributed by atoms with Gasteiger partial charge in [0.25, 0.3) is 0 Å². The highest BCUT2D eigenvalue weighted by Gasteiger charge is 2.43. The van der Waals surface area contributed by atoms with Crippen LogP contribution in [0.2, 0.25) is 0 Å². The van der Waals surface area contributed by atoms with Crippen LogP contribution in [0.3, 0.4) is 0 Å². The highest BCUT2D eigenvalue weighted by Crippen LogP contribution is 2.24. The molecule has 1 saturated heterocycles. The Labute approximate surface area is 165 Å². The van der Waals surface area contributed by atoms with E-state index in [-0.39, 0.29) is 18.8 Å². The van der Waals surface area contributed by atoms with Gasteiger partial charge in [-0.05, 0) is 28.1 Å². The first-order valence-electron chi connectivity index (χ1n) is 8.54. The van der Waals surface area contributed by atoms with Crippen molar-refractivity contribution in [3.63, 3.8) is 0 Å². The molecule has 8 nitrogen and oxygen atoms in total. The topological polar surface area (TPSA) is 88.0 Å². The molecule has 1 atom stereocenters. The summed E-state index contributed by atoms with van der Waals surface area (Å²) in [5.74, 6) is -0.449. The number of amides is 1. The number of benzene rings is 1. The third kappa shape index (κ3) is 5.88. The van der Waals surface area contributed by atoms with Gasteiger partial charge in [-0.25, -0.2) is 4.68 Å². The summed E-state index contributed by atoms with van der Waals surface area (Å²) in [6.07, 6.45) is -2.95. The molecule has 0 bridgehead atoms. The molecular formula is C16H21ClF3N7O. The molecule has 1 aromatic heterocycles. The molecule has 1 aromatic carbocycles. The minimum absolute atomic E-state index is 0. The number of hydrogen-bond acceptors (Lipinski definition) is 6. The standard InChI is InChI=1S/C16H20F3N7O.ClH/c17-16(18,19)14(25-7-5-20-6-8-25)10-21-15(27)9-12-1-3-13(4-2-12)26-11-22-23-24-26;/h1-4,11,14,20H,5-10H2,(H,21,27);1H. The van der Waals surface area contributed by atoms with Crippen LogP contribution >= 0.6 is 12.4 Å². The van der Waals surface area contributed by atoms with Gasteiger partial charge in [0.15, 0.2) is 0 Å². The van der Waals surface area contributed by atoms with Crippen LogP contribution in [0.5, 0.6) is 0 Å². The van der Waals surface area contributed by atoms with Gasteiger partial charge in [0.2, 0.25) is 5.91 Å². The van der Waals surface area contributed by atoms with E-state index >= 15 is 0 Å². The van der Waals surface area contributed by atoms with Crippen molar-refractivity contribution in [2.45, 2.75) is 18.6 Å². The Morgan fingerprint density at radius 3 is 2.46 bits per heavy atom. The predicted molar refractivity (Wildman–Crippen MR) is 97.4 cm³/mol. The van der Waals surface area contributed by atoms with Crippen molar-refractivity contribution >= 4 is 18.3 Å². The maximum Gasteiger partial charge on any atom is 0.405 e. The molecule has 28 heavy (non-hydrogen) atoms. The van der Waals surface area contributed by atoms with Crippen LogP contribution in [0.25, 0.3) is 5.69 Å². The van der Waals surface area contributed by atoms with Crippen LogP contribution in [-0.2, 0) is 11.2 Å². The molecule has 1 fully saturated rings. The number of carbonyl (C=O) groups excluding carboxylic acids is 1. The zero-order valence-electron chi connectivity index (χ0n) is 14.9. The van der Waals surface area contributed by atoms with Crippen molar-refractivity contribution in [1.29, 1.82) is 0 Å². The highest BCUT2D eigenvalue weighted by molar-refractivity contribution is 5.85. The minimum Gasteiger partial charge on any atom is -0.354 e. The fourth-order valence-corrected chi connectivity index (χ4v) is 2.95. The Morgan fingerprint density at radius 2 is 1.89 bits per heavy atom. The van der Waals surface area contributed by atoms with E-state index in [0.29, 0.717) is 31.7 Å². The van der Waals surface area contributed by atoms with E-state index < -0.39 is 24.7 Å². The average Bonchev–Trinajstić information content (AvgIpc) is 3.17. The maximum absolute atomic E-state index is 13.3. The van der Waals surface area contributed by atoms with Gasteiger partial charge in [0.1, 0.15) is 12.4 Å². The first kappa shape index (κ1) is 22.1. The van der Waals surface area contributed by atoms with E-state index in [1.54, 1.807) is 24.3 Å². The number of tetrazole rings is 1. The lowest BCUT2D eigenvalue weighted by Crippen LogP contribution is -2.57. The number of piperazine rings is 1. The first-order valence-corrected chi connectivity index (χ1v) is 8.54. The number of nitrogens with one attached hydrogen (secondary N) is 2. The molecule has 12 heteroatoms. The zero-order chi connectivity index (χ0) is 19.3. The fourth-order valence-electron chi connectivity index (χ4n) is 2.95. The predicted octanol–water partition coefficient (Wildman–Crippen LogP) is 0.579. The van der Waals surface area contributed by atoms with Gasteiger partial charge < -0.3 is 10.6 Å². The third-order valence-electron chi connectivity index (χ3n) is 4.38. The van der Waals surface area contributed by atoms with E-state index in [2.05, 4.69) is 26.2 Å². The number of rotatable bonds is 6. The summed E-state index contributed by atoms with van der Waals surface area (Å²) in [5.41, 5.74) is 1.41. The molecule has 1 amide bonds. The lowest BCUT2D eigenvalue weighted by atomic mass is 10.1. The van der Waals surface area contributed by atoms with E-state index in [1.165, 1.54) is 15.9 Å². The molecule has 0 radical (unpaired) electrons. The van der Waals surface area contributed by atoms with E-state index in [0.717, 1.165) is 5.69 Å². The van der Waals surface area contributed by atoms with Crippen molar-refractivity contribution in [2.75, 3.05) is 32.7 Å². The summed E-state index contributed by atoms with van der Waals surface area (Å²) in [7, 11) is 0. The molecular weight excluding hydrogens is 399 g/mol. The summed E-state index contributed by atoms with van der Waals surface area (Å²) >= 11 is 0. The first-order chi connectivity index (χ1) is 12.9. The average molecular weight is 420 g/mol. The summed E-state index contributed by atoms with van der Waals surface area (Å²) in [6, 6.07) is 5.23. The molecule has 0 spiro atoms. The molecule has 154 valence electrons. The molecule has 1 aliphatic heterocycles. The quantitative estimate of drug-likeness (QED) is 0.712. The fraction of sp³-hybridized carbons (Fsp3) is 0.500. The van der Waals surface area contributed by atoms with Crippen molar-refractivity contribution in [3.8, 4) is 5.69 Å². The number of alkyl halides is 3. The molecule has 0 aliphatic carbocycles. The number of nitrogens with zero attached hydrogens (tertiary/aromatic N) is 5. The second kappa shape index (κ2) is 9.80. The Morgan fingerprint density at radius 1 is 1.21 bits per heavy atom. The monoisotopic (exact) mass is 419 g/mol. The van der Waals surface area contributed by atoms with Gasteiger partial charge in [-0.15, -0.1) is 17.5 Å². The van der Waals surface area contributed by atoms with Gasteiger partial charge in [0.05, 0.1) is 12.1 Å². The zero-order valence-corrected chi connectivity index (χ0v) is 15.7. The van der Waals surface area contributed by atoms with Crippen molar-refractivity contribution in [3.05, 3.63) is 36.2 Å². The van der Waals surface area contributed by atoms with Crippen LogP contribution in [0.1, 0.15) is 5.56 Å². The van der Waals surface area contributed by atoms with Crippen LogP contribution in [-0.4, -0.2) is 76.0 Å². The van der Waals surface area contributed by atoms with Crippen molar-refractivity contribution in [1.82, 2.24) is 35.7 Å². The smallest absolute Gasteiger partial charge is 0.354 e. The van der Waals surface area contributed by atoms with Crippen molar-refractivity contribution < 1.29 is 18.0 Å². The van der Waals surface area contributed by atoms with Crippen LogP contribution in [0.4, 0.5) is 13.2 Å². The van der Waals surface area contributed by atoms with Crippen LogP contribution in [0.15, 0.2) is 30.6 Å². The van der Waals surface area contributed by atoms with Crippen LogP contribution in [0, 0.1) is 0 Å². The lowest BCUT2D eigenvalue weighted by Gasteiger charge is -2.35. The van der Waals surface area contributed by atoms with Gasteiger partial charge in [-0.3, -0.25) is 9.69 Å². The third-order valence-corrected chi connectivity index (χ3v) is 4.38. The second-order valence-electron chi connectivity index (χ2n) is 6.25. The molecule has 2 N–H and O–H groups in total. The summed E-state index contributed by atoms with van der Waals surface area (Å²) in [4.78, 5) is 13.5. The summed E-state index contributed by atoms with van der Waals surface area (Å²) < 4.78 is 41.5. The molecule has 2 heterocycles. The lowest BCUT2D eigenvalue weighted by molar-refractivity contribution is -0.184. The Kier molecular flexibility index (Phi) is 7.72. The number of carbonyl (C=O) groups is 1. The number of hydrogen-bond donors (Lipinski definition) is 2. The SMILES string of the molecule is Cl.O=C(Cc1ccc(-n2cnnn2)cc1)NCC(N1CCNCC1)C(F)(F)F. The summed E-state index contributed by atoms with van der Waals surface area (Å²) in [6.45, 7) is 1.17. The maximum atomic E-state index is 13.3. The molecule has 1 unspecified atom stereocenters. The molecule has 2 aromatic rings. The molecule has 3 rings (SSSR count). The normalized spacial score (nSPS) is 16.2. The van der Waals surface area contributed by atoms with E-state index in [9.17, 15) is 18.0 Å². The largest absolute Gasteiger partial charge is 0.405 e. The van der Waals surface area contributed by atoms with Crippen LogP contribution < -0.4 is 10.6 Å². The van der Waals surface area contributed by atoms with Gasteiger partial charge in [-0.1, -0.05) is 12.1 Å². The minimum atomic E-state index is -4.39. The second-order valence-corrected chi connectivity index (χ2v) is 6.25. The van der Waals surface area contributed by atoms with Gasteiger partial charge in [0, 0.05) is 32.7 Å². The van der Waals surface area contributed by atoms with Gasteiger partial charge in [-0.2, -0.15) is 13.2 Å². The Balaban J connectivity index is 0.00000280. The van der Waals surface area contributed by atoms with E-state index in [4.69, 9.17) is 0 Å². The van der Waals surface area contributed by atoms with Gasteiger partial charge >= 0.3 is 6.18 Å². The summed E-state index contributed by atoms with van der Waals surface area (Å²) in [5, 5.41) is 16.3. The Bertz CT molecular complexity index is 734.